The predicted molar refractivity (Wildman–Crippen MR) is 132 cm³/mol. The highest BCUT2D eigenvalue weighted by Gasteiger charge is 2.42. The van der Waals surface area contributed by atoms with Gasteiger partial charge in [-0.25, -0.2) is 0 Å². The quantitative estimate of drug-likeness (QED) is 0.363. The Balaban J connectivity index is 1.55. The maximum atomic E-state index is 6.63. The Morgan fingerprint density at radius 1 is 1.13 bits per heavy atom. The van der Waals surface area contributed by atoms with Crippen molar-refractivity contribution in [1.82, 2.24) is 9.80 Å². The summed E-state index contributed by atoms with van der Waals surface area (Å²) in [4.78, 5) is 5.18. The fraction of sp³-hybridized carbons (Fsp3) is 0.600. The van der Waals surface area contributed by atoms with Crippen molar-refractivity contribution >= 4 is 34.5 Å². The van der Waals surface area contributed by atoms with Gasteiger partial charge in [0, 0.05) is 61.2 Å². The molecule has 3 heterocycles. The van der Waals surface area contributed by atoms with Crippen molar-refractivity contribution in [3.8, 4) is 0 Å². The maximum absolute atomic E-state index is 6.63. The molecular weight excluding hydrogens is 447 g/mol. The van der Waals surface area contributed by atoms with Crippen molar-refractivity contribution < 1.29 is 4.74 Å². The molecule has 0 radical (unpaired) electrons. The lowest BCUT2D eigenvalue weighted by atomic mass is 9.88. The monoisotopic (exact) mass is 480 g/mol. The van der Waals surface area contributed by atoms with Crippen LogP contribution in [0.1, 0.15) is 56.1 Å². The summed E-state index contributed by atoms with van der Waals surface area (Å²) in [7, 11) is 0. The fourth-order valence-corrected chi connectivity index (χ4v) is 6.27. The van der Waals surface area contributed by atoms with Gasteiger partial charge in [0.2, 0.25) is 0 Å². The van der Waals surface area contributed by atoms with E-state index in [0.717, 1.165) is 56.3 Å². The minimum absolute atomic E-state index is 0.197. The van der Waals surface area contributed by atoms with Crippen LogP contribution in [-0.4, -0.2) is 48.8 Å². The van der Waals surface area contributed by atoms with Crippen LogP contribution >= 0.6 is 34.5 Å². The van der Waals surface area contributed by atoms with Gasteiger partial charge in [-0.3, -0.25) is 9.80 Å². The number of nitrogens with zero attached hydrogens (tertiary/aromatic N) is 2. The number of ether oxygens (including phenoxy) is 1. The number of hydrogen-bond acceptors (Lipinski definition) is 4. The van der Waals surface area contributed by atoms with E-state index in [9.17, 15) is 0 Å². The molecule has 0 bridgehead atoms. The van der Waals surface area contributed by atoms with Crippen molar-refractivity contribution in [2.75, 3.05) is 32.8 Å². The van der Waals surface area contributed by atoms with Crippen LogP contribution in [0.15, 0.2) is 35.0 Å². The van der Waals surface area contributed by atoms with Crippen LogP contribution in [0.5, 0.6) is 0 Å². The highest BCUT2D eigenvalue weighted by atomic mass is 35.5. The Kier molecular flexibility index (Phi) is 8.72. The van der Waals surface area contributed by atoms with Crippen molar-refractivity contribution in [2.45, 2.75) is 57.7 Å². The van der Waals surface area contributed by atoms with Gasteiger partial charge in [0.05, 0.1) is 0 Å². The molecule has 1 aromatic carbocycles. The number of thiophene rings is 1. The number of halogens is 2. The molecule has 2 aliphatic rings. The minimum atomic E-state index is 0.197. The van der Waals surface area contributed by atoms with Gasteiger partial charge in [0.25, 0.3) is 0 Å². The van der Waals surface area contributed by atoms with Gasteiger partial charge in [-0.1, -0.05) is 49.0 Å². The number of likely N-dealkylation sites (tertiary alicyclic amines) is 2. The van der Waals surface area contributed by atoms with Gasteiger partial charge in [0.15, 0.2) is 0 Å². The molecule has 0 aliphatic carbocycles. The van der Waals surface area contributed by atoms with Crippen LogP contribution in [0.4, 0.5) is 0 Å². The lowest BCUT2D eigenvalue weighted by Gasteiger charge is -2.39. The van der Waals surface area contributed by atoms with Crippen molar-refractivity contribution in [3.05, 3.63) is 56.2 Å². The van der Waals surface area contributed by atoms with Crippen LogP contribution in [-0.2, 0) is 11.3 Å². The first-order valence-electron chi connectivity index (χ1n) is 11.7. The number of unbranched alkanes of at least 4 members (excludes halogenated alkanes) is 1. The Labute approximate surface area is 201 Å². The van der Waals surface area contributed by atoms with Gasteiger partial charge in [-0.05, 0) is 59.3 Å². The van der Waals surface area contributed by atoms with E-state index in [0.29, 0.717) is 16.9 Å². The van der Waals surface area contributed by atoms with Gasteiger partial charge in [-0.2, -0.15) is 11.3 Å². The van der Waals surface area contributed by atoms with Crippen molar-refractivity contribution in [1.29, 1.82) is 0 Å². The third-order valence-electron chi connectivity index (χ3n) is 6.72. The lowest BCUT2D eigenvalue weighted by Crippen LogP contribution is -2.47. The van der Waals surface area contributed by atoms with E-state index in [1.807, 2.05) is 12.1 Å². The second-order valence-electron chi connectivity index (χ2n) is 8.97. The Morgan fingerprint density at radius 2 is 1.97 bits per heavy atom. The molecule has 0 N–H and O–H groups in total. The zero-order valence-corrected chi connectivity index (χ0v) is 20.8. The first kappa shape index (κ1) is 23.5. The molecule has 2 aromatic rings. The minimum Gasteiger partial charge on any atom is -0.363 e. The average Bonchev–Trinajstić information content (AvgIpc) is 3.44. The van der Waals surface area contributed by atoms with Crippen LogP contribution in [0, 0.1) is 5.92 Å². The molecule has 0 amide bonds. The Morgan fingerprint density at radius 3 is 2.68 bits per heavy atom. The van der Waals surface area contributed by atoms with E-state index in [2.05, 4.69) is 39.6 Å². The van der Waals surface area contributed by atoms with Gasteiger partial charge in [0.1, 0.15) is 6.23 Å². The number of benzene rings is 1. The first-order chi connectivity index (χ1) is 15.2. The molecule has 6 heteroatoms. The molecule has 2 saturated heterocycles. The summed E-state index contributed by atoms with van der Waals surface area (Å²) in [6.45, 7) is 8.34. The molecule has 1 unspecified atom stereocenters. The van der Waals surface area contributed by atoms with E-state index in [-0.39, 0.29) is 6.23 Å². The largest absolute Gasteiger partial charge is 0.363 e. The van der Waals surface area contributed by atoms with Crippen LogP contribution in [0.3, 0.4) is 0 Å². The zero-order valence-electron chi connectivity index (χ0n) is 18.4. The van der Waals surface area contributed by atoms with Crippen molar-refractivity contribution in [2.24, 2.45) is 5.92 Å². The fourth-order valence-electron chi connectivity index (χ4n) is 5.08. The molecule has 2 aliphatic heterocycles. The molecule has 0 saturated carbocycles. The molecule has 4 rings (SSSR count). The molecule has 3 atom stereocenters. The summed E-state index contributed by atoms with van der Waals surface area (Å²) < 4.78 is 6.63. The summed E-state index contributed by atoms with van der Waals surface area (Å²) >= 11 is 14.4. The standard InChI is InChI=1S/C25H34Cl2N2OS/c1-2-3-12-30-25(29-10-5-4-6-11-29)23-17-28(16-22(23)20-9-13-31-18-20)15-19-7-8-21(26)14-24(19)27/h7-9,13-14,18,22-23,25H,2-6,10-12,15-17H2,1H3/t22-,23-,25?/m1/s1. The average molecular weight is 482 g/mol. The molecule has 0 spiro atoms. The molecule has 1 aromatic heterocycles. The molecular formula is C25H34Cl2N2OS. The molecule has 2 fully saturated rings. The summed E-state index contributed by atoms with van der Waals surface area (Å²) in [5.41, 5.74) is 2.61. The van der Waals surface area contributed by atoms with E-state index < -0.39 is 0 Å². The summed E-state index contributed by atoms with van der Waals surface area (Å²) in [6, 6.07) is 8.17. The SMILES string of the molecule is CCCCOC([C@@H]1CN(Cc2ccc(Cl)cc2Cl)C[C@@H]1c1ccsc1)N1CCCCC1. The van der Waals surface area contributed by atoms with Crippen molar-refractivity contribution in [3.63, 3.8) is 0 Å². The Bertz CT molecular complexity index is 810. The van der Waals surface area contributed by atoms with E-state index in [4.69, 9.17) is 27.9 Å². The third-order valence-corrected chi connectivity index (χ3v) is 8.01. The smallest absolute Gasteiger partial charge is 0.115 e. The predicted octanol–water partition coefficient (Wildman–Crippen LogP) is 6.90. The van der Waals surface area contributed by atoms with Crippen LogP contribution < -0.4 is 0 Å². The second-order valence-corrected chi connectivity index (χ2v) is 10.6. The molecule has 31 heavy (non-hydrogen) atoms. The van der Waals surface area contributed by atoms with Gasteiger partial charge in [-0.15, -0.1) is 0 Å². The summed E-state index contributed by atoms with van der Waals surface area (Å²) in [5.74, 6) is 0.960. The summed E-state index contributed by atoms with van der Waals surface area (Å²) in [5, 5.41) is 5.99. The van der Waals surface area contributed by atoms with E-state index in [1.54, 1.807) is 11.3 Å². The molecule has 3 nitrogen and oxygen atoms in total. The molecule has 170 valence electrons. The zero-order chi connectivity index (χ0) is 21.6. The van der Waals surface area contributed by atoms with E-state index >= 15 is 0 Å². The van der Waals surface area contributed by atoms with Gasteiger partial charge >= 0.3 is 0 Å². The van der Waals surface area contributed by atoms with E-state index in [1.165, 1.54) is 31.2 Å². The third kappa shape index (κ3) is 6.04. The number of rotatable bonds is 9. The maximum Gasteiger partial charge on any atom is 0.115 e. The topological polar surface area (TPSA) is 15.7 Å². The summed E-state index contributed by atoms with van der Waals surface area (Å²) in [6.07, 6.45) is 6.41. The highest BCUT2D eigenvalue weighted by molar-refractivity contribution is 7.08. The van der Waals surface area contributed by atoms with Crippen LogP contribution in [0.2, 0.25) is 10.0 Å². The Hall–Kier alpha value is -0.620. The lowest BCUT2D eigenvalue weighted by molar-refractivity contribution is -0.102. The normalized spacial score (nSPS) is 24.0. The highest BCUT2D eigenvalue weighted by Crippen LogP contribution is 2.39. The first-order valence-corrected chi connectivity index (χ1v) is 13.4. The second kappa shape index (κ2) is 11.5. The van der Waals surface area contributed by atoms with Gasteiger partial charge < -0.3 is 4.74 Å². The van der Waals surface area contributed by atoms with Crippen LogP contribution in [0.25, 0.3) is 0 Å². The number of piperidine rings is 1. The number of hydrogen-bond donors (Lipinski definition) is 0.